The molecule has 146 valence electrons. The molecule has 1 aliphatic rings. The fourth-order valence-electron chi connectivity index (χ4n) is 3.25. The first-order valence-corrected chi connectivity index (χ1v) is 10.4. The van der Waals surface area contributed by atoms with E-state index in [2.05, 4.69) is 28.8 Å². The molecule has 8 heteroatoms. The molecule has 0 aromatic heterocycles. The third-order valence-electron chi connectivity index (χ3n) is 4.73. The Morgan fingerprint density at radius 1 is 1.22 bits per heavy atom. The van der Waals surface area contributed by atoms with E-state index in [4.69, 9.17) is 10.5 Å². The van der Waals surface area contributed by atoms with Crippen molar-refractivity contribution in [2.24, 2.45) is 0 Å². The van der Waals surface area contributed by atoms with Gasteiger partial charge in [-0.2, -0.15) is 0 Å². The van der Waals surface area contributed by atoms with Crippen molar-refractivity contribution in [2.45, 2.75) is 30.8 Å². The minimum Gasteiger partial charge on any atom is -0.495 e. The number of nitrogens with one attached hydrogen (secondary N) is 2. The van der Waals surface area contributed by atoms with Crippen molar-refractivity contribution in [3.8, 4) is 5.75 Å². The van der Waals surface area contributed by atoms with Crippen LogP contribution in [0.25, 0.3) is 0 Å². The Balaban J connectivity index is 1.88. The Kier molecular flexibility index (Phi) is 5.48. The van der Waals surface area contributed by atoms with Crippen LogP contribution in [0.4, 0.5) is 17.1 Å². The van der Waals surface area contributed by atoms with Gasteiger partial charge in [-0.1, -0.05) is 12.1 Å². The van der Waals surface area contributed by atoms with E-state index in [0.717, 1.165) is 18.8 Å². The van der Waals surface area contributed by atoms with E-state index in [1.165, 1.54) is 13.2 Å². The molecule has 2 aromatic carbocycles. The number of methoxy groups -OCH3 is 1. The van der Waals surface area contributed by atoms with Crippen molar-refractivity contribution in [3.63, 3.8) is 0 Å². The lowest BCUT2D eigenvalue weighted by atomic mass is 10.1. The van der Waals surface area contributed by atoms with Crippen LogP contribution in [-0.4, -0.2) is 40.7 Å². The Morgan fingerprint density at radius 3 is 2.67 bits per heavy atom. The number of anilines is 3. The van der Waals surface area contributed by atoms with Gasteiger partial charge in [0.05, 0.1) is 29.1 Å². The molecule has 2 aromatic rings. The zero-order chi connectivity index (χ0) is 19.6. The topological polar surface area (TPSA) is 96.7 Å². The number of para-hydroxylation sites is 2. The number of nitrogens with two attached hydrogens (primary N) is 1. The molecule has 3 rings (SSSR count). The quantitative estimate of drug-likeness (QED) is 0.678. The maximum atomic E-state index is 12.8. The highest BCUT2D eigenvalue weighted by Gasteiger charge is 2.25. The van der Waals surface area contributed by atoms with Gasteiger partial charge >= 0.3 is 0 Å². The SMILES string of the molecule is COc1ccccc1NS(=O)(=O)c1ccc(N2C[C@@H](C)NC[C@@H]2C)c(N)c1. The van der Waals surface area contributed by atoms with E-state index in [0.29, 0.717) is 23.2 Å². The Morgan fingerprint density at radius 2 is 1.96 bits per heavy atom. The van der Waals surface area contributed by atoms with Crippen LogP contribution >= 0.6 is 0 Å². The number of sulfonamides is 1. The number of rotatable bonds is 5. The maximum Gasteiger partial charge on any atom is 0.262 e. The molecular weight excluding hydrogens is 364 g/mol. The number of hydrogen-bond donors (Lipinski definition) is 3. The van der Waals surface area contributed by atoms with E-state index in [-0.39, 0.29) is 10.9 Å². The van der Waals surface area contributed by atoms with Crippen LogP contribution in [0.1, 0.15) is 13.8 Å². The molecule has 4 N–H and O–H groups in total. The molecule has 0 spiro atoms. The Labute approximate surface area is 160 Å². The predicted octanol–water partition coefficient (Wildman–Crippen LogP) is 2.26. The van der Waals surface area contributed by atoms with E-state index >= 15 is 0 Å². The lowest BCUT2D eigenvalue weighted by Crippen LogP contribution is -2.54. The first-order valence-electron chi connectivity index (χ1n) is 8.87. The highest BCUT2D eigenvalue weighted by atomic mass is 32.2. The number of ether oxygens (including phenoxy) is 1. The second-order valence-corrected chi connectivity index (χ2v) is 8.52. The Hall–Kier alpha value is -2.45. The summed E-state index contributed by atoms with van der Waals surface area (Å²) < 4.78 is 33.3. The average Bonchev–Trinajstić information content (AvgIpc) is 2.64. The molecule has 7 nitrogen and oxygen atoms in total. The van der Waals surface area contributed by atoms with Crippen LogP contribution in [0.3, 0.4) is 0 Å². The monoisotopic (exact) mass is 390 g/mol. The van der Waals surface area contributed by atoms with Crippen LogP contribution in [0.15, 0.2) is 47.4 Å². The highest BCUT2D eigenvalue weighted by molar-refractivity contribution is 7.92. The average molecular weight is 391 g/mol. The number of benzene rings is 2. The molecule has 27 heavy (non-hydrogen) atoms. The smallest absolute Gasteiger partial charge is 0.262 e. The van der Waals surface area contributed by atoms with Gasteiger partial charge in [-0.05, 0) is 44.2 Å². The van der Waals surface area contributed by atoms with Crippen molar-refractivity contribution in [1.82, 2.24) is 5.32 Å². The first-order chi connectivity index (χ1) is 12.8. The molecule has 0 aliphatic carbocycles. The van der Waals surface area contributed by atoms with Crippen LogP contribution in [-0.2, 0) is 10.0 Å². The standard InChI is InChI=1S/C19H26N4O3S/c1-13-12-23(14(2)11-21-13)18-9-8-15(10-16(18)20)27(24,25)22-17-6-4-5-7-19(17)26-3/h4-10,13-14,21-22H,11-12,20H2,1-3H3/t13-,14+/m1/s1. The molecule has 2 atom stereocenters. The lowest BCUT2D eigenvalue weighted by Gasteiger charge is -2.39. The summed E-state index contributed by atoms with van der Waals surface area (Å²) >= 11 is 0. The molecule has 0 saturated carbocycles. The molecule has 1 saturated heterocycles. The summed E-state index contributed by atoms with van der Waals surface area (Å²) in [6.45, 7) is 5.91. The van der Waals surface area contributed by atoms with Crippen molar-refractivity contribution >= 4 is 27.1 Å². The van der Waals surface area contributed by atoms with Gasteiger partial charge in [0.1, 0.15) is 5.75 Å². The number of nitrogens with zero attached hydrogens (tertiary/aromatic N) is 1. The van der Waals surface area contributed by atoms with Gasteiger partial charge in [-0.15, -0.1) is 0 Å². The normalized spacial score (nSPS) is 20.3. The van der Waals surface area contributed by atoms with E-state index < -0.39 is 10.0 Å². The van der Waals surface area contributed by atoms with Gasteiger partial charge in [0.15, 0.2) is 0 Å². The third kappa shape index (κ3) is 4.12. The summed E-state index contributed by atoms with van der Waals surface area (Å²) in [5.41, 5.74) is 7.91. The van der Waals surface area contributed by atoms with Crippen molar-refractivity contribution in [2.75, 3.05) is 35.6 Å². The third-order valence-corrected chi connectivity index (χ3v) is 6.10. The second kappa shape index (κ2) is 7.66. The largest absolute Gasteiger partial charge is 0.495 e. The number of hydrogen-bond acceptors (Lipinski definition) is 6. The molecule has 1 heterocycles. The second-order valence-electron chi connectivity index (χ2n) is 6.84. The van der Waals surface area contributed by atoms with Crippen molar-refractivity contribution in [3.05, 3.63) is 42.5 Å². The summed E-state index contributed by atoms with van der Waals surface area (Å²) in [6, 6.07) is 12.4. The summed E-state index contributed by atoms with van der Waals surface area (Å²) in [7, 11) is -2.29. The summed E-state index contributed by atoms with van der Waals surface area (Å²) in [6.07, 6.45) is 0. The van der Waals surface area contributed by atoms with Gasteiger partial charge in [0.25, 0.3) is 10.0 Å². The van der Waals surface area contributed by atoms with Gasteiger partial charge in [0, 0.05) is 25.2 Å². The number of piperazine rings is 1. The Bertz CT molecular complexity index is 917. The predicted molar refractivity (Wildman–Crippen MR) is 109 cm³/mol. The zero-order valence-corrected chi connectivity index (χ0v) is 16.6. The molecule has 0 radical (unpaired) electrons. The van der Waals surface area contributed by atoms with Gasteiger partial charge in [-0.25, -0.2) is 8.42 Å². The molecule has 0 unspecified atom stereocenters. The fourth-order valence-corrected chi connectivity index (χ4v) is 4.36. The summed E-state index contributed by atoms with van der Waals surface area (Å²) in [5.74, 6) is 0.453. The van der Waals surface area contributed by atoms with Gasteiger partial charge < -0.3 is 20.7 Å². The van der Waals surface area contributed by atoms with E-state index in [1.807, 2.05) is 0 Å². The zero-order valence-electron chi connectivity index (χ0n) is 15.8. The first kappa shape index (κ1) is 19.3. The fraction of sp³-hybridized carbons (Fsp3) is 0.368. The number of nitrogen functional groups attached to an aromatic ring is 1. The molecular formula is C19H26N4O3S. The lowest BCUT2D eigenvalue weighted by molar-refractivity contribution is 0.417. The van der Waals surface area contributed by atoms with Gasteiger partial charge in [0.2, 0.25) is 0 Å². The van der Waals surface area contributed by atoms with E-state index in [1.54, 1.807) is 36.4 Å². The minimum atomic E-state index is -3.78. The van der Waals surface area contributed by atoms with Crippen LogP contribution in [0.2, 0.25) is 0 Å². The van der Waals surface area contributed by atoms with Crippen LogP contribution in [0.5, 0.6) is 5.75 Å². The summed E-state index contributed by atoms with van der Waals surface area (Å²) in [4.78, 5) is 2.33. The van der Waals surface area contributed by atoms with Crippen molar-refractivity contribution < 1.29 is 13.2 Å². The summed E-state index contributed by atoms with van der Waals surface area (Å²) in [5, 5.41) is 3.42. The molecule has 0 bridgehead atoms. The van der Waals surface area contributed by atoms with E-state index in [9.17, 15) is 8.42 Å². The van der Waals surface area contributed by atoms with Crippen molar-refractivity contribution in [1.29, 1.82) is 0 Å². The molecule has 1 aliphatic heterocycles. The van der Waals surface area contributed by atoms with Crippen LogP contribution in [0, 0.1) is 0 Å². The van der Waals surface area contributed by atoms with Gasteiger partial charge in [-0.3, -0.25) is 4.72 Å². The minimum absolute atomic E-state index is 0.116. The molecule has 1 fully saturated rings. The highest BCUT2D eigenvalue weighted by Crippen LogP contribution is 2.31. The molecule has 0 amide bonds. The van der Waals surface area contributed by atoms with Crippen LogP contribution < -0.4 is 25.4 Å². The maximum absolute atomic E-state index is 12.8.